The fourth-order valence-electron chi connectivity index (χ4n) is 4.68. The van der Waals surface area contributed by atoms with E-state index in [0.29, 0.717) is 6.04 Å². The molecule has 0 bridgehead atoms. The van der Waals surface area contributed by atoms with Gasteiger partial charge in [-0.15, -0.1) is 0 Å². The first-order valence-corrected chi connectivity index (χ1v) is 13.1. The minimum atomic E-state index is -1.24. The minimum absolute atomic E-state index is 0.339. The van der Waals surface area contributed by atoms with E-state index in [1.807, 2.05) is 0 Å². The Kier molecular flexibility index (Phi) is 5.18. The number of hydrogen-bond donors (Lipinski definition) is 0. The molecular weight excluding hydrogens is 338 g/mol. The molecule has 0 unspecified atom stereocenters. The molecule has 0 N–H and O–H groups in total. The number of ether oxygens (including phenoxy) is 2. The second kappa shape index (κ2) is 7.09. The van der Waals surface area contributed by atoms with Gasteiger partial charge in [0.25, 0.3) is 0 Å². The van der Waals surface area contributed by atoms with Crippen LogP contribution < -0.4 is 9.47 Å². The van der Waals surface area contributed by atoms with Gasteiger partial charge in [0.15, 0.2) is 11.5 Å². The number of methoxy groups -OCH3 is 2. The van der Waals surface area contributed by atoms with E-state index in [0.717, 1.165) is 28.9 Å². The van der Waals surface area contributed by atoms with Crippen LogP contribution in [0.15, 0.2) is 42.5 Å². The summed E-state index contributed by atoms with van der Waals surface area (Å²) in [5, 5.41) is 0. The SMILES string of the molecule is COc1cc2c(cc1OC)[C@H](c1ccccc1)[N@@+](C)(C[Si](C)(C)C)CC2. The number of quaternary nitrogens is 1. The van der Waals surface area contributed by atoms with E-state index in [-0.39, 0.29) is 0 Å². The molecule has 0 fully saturated rings. The van der Waals surface area contributed by atoms with Gasteiger partial charge in [-0.05, 0) is 17.7 Å². The standard InChI is InChI=1S/C22H32NO2Si/c1-23(16-26(4,5)6)13-12-18-14-20(24-2)21(25-3)15-19(18)22(23)17-10-8-7-9-11-17/h7-11,14-15,22H,12-13,16H2,1-6H3/q+1/t22-,23+/m0/s1. The molecule has 2 aromatic carbocycles. The summed E-state index contributed by atoms with van der Waals surface area (Å²) in [7, 11) is 4.64. The molecular formula is C22H32NO2Si+. The van der Waals surface area contributed by atoms with E-state index in [2.05, 4.69) is 69.2 Å². The third-order valence-electron chi connectivity index (χ3n) is 5.41. The predicted molar refractivity (Wildman–Crippen MR) is 111 cm³/mol. The quantitative estimate of drug-likeness (QED) is 0.562. The average molecular weight is 371 g/mol. The van der Waals surface area contributed by atoms with Gasteiger partial charge in [0.05, 0.1) is 34.0 Å². The highest BCUT2D eigenvalue weighted by molar-refractivity contribution is 6.76. The second-order valence-electron chi connectivity index (χ2n) is 8.89. The van der Waals surface area contributed by atoms with Crippen molar-refractivity contribution in [2.75, 3.05) is 34.0 Å². The summed E-state index contributed by atoms with van der Waals surface area (Å²) in [6, 6.07) is 15.7. The maximum Gasteiger partial charge on any atom is 0.161 e. The highest BCUT2D eigenvalue weighted by atomic mass is 28.3. The molecule has 2 aromatic rings. The summed E-state index contributed by atoms with van der Waals surface area (Å²) in [4.78, 5) is 0. The van der Waals surface area contributed by atoms with Gasteiger partial charge < -0.3 is 14.0 Å². The van der Waals surface area contributed by atoms with E-state index in [1.54, 1.807) is 14.2 Å². The van der Waals surface area contributed by atoms with Gasteiger partial charge in [0, 0.05) is 17.5 Å². The Balaban J connectivity index is 2.18. The van der Waals surface area contributed by atoms with Crippen LogP contribution in [0.1, 0.15) is 22.7 Å². The lowest BCUT2D eigenvalue weighted by molar-refractivity contribution is -0.926. The first-order valence-electron chi connectivity index (χ1n) is 9.41. The van der Waals surface area contributed by atoms with Crippen LogP contribution in [0.2, 0.25) is 19.6 Å². The first-order chi connectivity index (χ1) is 12.3. The van der Waals surface area contributed by atoms with Gasteiger partial charge in [-0.25, -0.2) is 0 Å². The molecule has 0 radical (unpaired) electrons. The van der Waals surface area contributed by atoms with Crippen LogP contribution in [0.3, 0.4) is 0 Å². The van der Waals surface area contributed by atoms with E-state index in [9.17, 15) is 0 Å². The lowest BCUT2D eigenvalue weighted by Gasteiger charge is -2.48. The van der Waals surface area contributed by atoms with Crippen molar-refractivity contribution in [2.24, 2.45) is 0 Å². The van der Waals surface area contributed by atoms with Crippen LogP contribution in [0, 0.1) is 0 Å². The lowest BCUT2D eigenvalue weighted by Crippen LogP contribution is -2.58. The molecule has 0 saturated carbocycles. The number of nitrogens with zero attached hydrogens (tertiary/aromatic N) is 1. The van der Waals surface area contributed by atoms with Crippen molar-refractivity contribution < 1.29 is 14.0 Å². The third-order valence-corrected chi connectivity index (χ3v) is 7.08. The second-order valence-corrected chi connectivity index (χ2v) is 14.3. The Morgan fingerprint density at radius 1 is 1.00 bits per heavy atom. The minimum Gasteiger partial charge on any atom is -0.493 e. The van der Waals surface area contributed by atoms with Gasteiger partial charge in [-0.3, -0.25) is 0 Å². The van der Waals surface area contributed by atoms with Gasteiger partial charge in [0.1, 0.15) is 14.1 Å². The van der Waals surface area contributed by atoms with E-state index < -0.39 is 8.07 Å². The van der Waals surface area contributed by atoms with Crippen LogP contribution in [0.4, 0.5) is 0 Å². The fourth-order valence-corrected chi connectivity index (χ4v) is 7.19. The van der Waals surface area contributed by atoms with Crippen LogP contribution in [0.5, 0.6) is 11.5 Å². The molecule has 1 aliphatic heterocycles. The number of fused-ring (bicyclic) bond motifs is 1. The summed E-state index contributed by atoms with van der Waals surface area (Å²) >= 11 is 0. The highest BCUT2D eigenvalue weighted by Crippen LogP contribution is 2.44. The molecule has 1 aliphatic rings. The van der Waals surface area contributed by atoms with Crippen LogP contribution in [-0.2, 0) is 6.42 Å². The molecule has 2 atom stereocenters. The smallest absolute Gasteiger partial charge is 0.161 e. The summed E-state index contributed by atoms with van der Waals surface area (Å²) in [5.41, 5.74) is 4.17. The highest BCUT2D eigenvalue weighted by Gasteiger charge is 2.43. The average Bonchev–Trinajstić information content (AvgIpc) is 2.59. The molecule has 26 heavy (non-hydrogen) atoms. The third kappa shape index (κ3) is 3.67. The van der Waals surface area contributed by atoms with Gasteiger partial charge in [-0.2, -0.15) is 0 Å². The maximum atomic E-state index is 5.63. The normalized spacial score (nSPS) is 22.6. The van der Waals surface area contributed by atoms with Crippen molar-refractivity contribution in [3.63, 3.8) is 0 Å². The van der Waals surface area contributed by atoms with Crippen molar-refractivity contribution in [2.45, 2.75) is 32.1 Å². The zero-order valence-corrected chi connectivity index (χ0v) is 18.0. The maximum absolute atomic E-state index is 5.63. The van der Waals surface area contributed by atoms with Crippen molar-refractivity contribution in [1.82, 2.24) is 0 Å². The summed E-state index contributed by atoms with van der Waals surface area (Å²) in [6.07, 6.45) is 2.35. The zero-order chi connectivity index (χ0) is 18.9. The van der Waals surface area contributed by atoms with Gasteiger partial charge >= 0.3 is 0 Å². The van der Waals surface area contributed by atoms with Crippen LogP contribution in [-0.4, -0.2) is 46.5 Å². The van der Waals surface area contributed by atoms with Crippen LogP contribution >= 0.6 is 0 Å². The van der Waals surface area contributed by atoms with Crippen molar-refractivity contribution >= 4 is 8.07 Å². The zero-order valence-electron chi connectivity index (χ0n) is 17.0. The van der Waals surface area contributed by atoms with Crippen molar-refractivity contribution in [3.8, 4) is 11.5 Å². The topological polar surface area (TPSA) is 18.5 Å². The fraction of sp³-hybridized carbons (Fsp3) is 0.455. The number of hydrogen-bond acceptors (Lipinski definition) is 2. The largest absolute Gasteiger partial charge is 0.493 e. The molecule has 0 amide bonds. The molecule has 4 heteroatoms. The Hall–Kier alpha value is -1.78. The number of rotatable bonds is 5. The van der Waals surface area contributed by atoms with Crippen molar-refractivity contribution in [3.05, 3.63) is 59.2 Å². The molecule has 0 aliphatic carbocycles. The lowest BCUT2D eigenvalue weighted by atomic mass is 9.86. The van der Waals surface area contributed by atoms with Crippen molar-refractivity contribution in [1.29, 1.82) is 0 Å². The molecule has 0 spiro atoms. The predicted octanol–water partition coefficient (Wildman–Crippen LogP) is 4.67. The summed E-state index contributed by atoms with van der Waals surface area (Å²) in [5.74, 6) is 1.66. The molecule has 0 saturated heterocycles. The molecule has 140 valence electrons. The van der Waals surface area contributed by atoms with E-state index >= 15 is 0 Å². The first kappa shape index (κ1) is 19.0. The Morgan fingerprint density at radius 3 is 2.19 bits per heavy atom. The Labute approximate surface area is 159 Å². The molecule has 3 nitrogen and oxygen atoms in total. The van der Waals surface area contributed by atoms with E-state index in [1.165, 1.54) is 22.9 Å². The number of benzene rings is 2. The number of likely N-dealkylation sites (N-methyl/N-ethyl adjacent to an activating group) is 1. The molecule has 1 heterocycles. The monoisotopic (exact) mass is 370 g/mol. The van der Waals surface area contributed by atoms with E-state index in [4.69, 9.17) is 9.47 Å². The summed E-state index contributed by atoms with van der Waals surface area (Å²) in [6.45, 7) is 8.58. The van der Waals surface area contributed by atoms with Crippen LogP contribution in [0.25, 0.3) is 0 Å². The molecule has 3 rings (SSSR count). The Morgan fingerprint density at radius 2 is 1.62 bits per heavy atom. The van der Waals surface area contributed by atoms with Gasteiger partial charge in [-0.1, -0.05) is 50.0 Å². The molecule has 0 aromatic heterocycles. The summed E-state index contributed by atoms with van der Waals surface area (Å²) < 4.78 is 12.3. The Bertz CT molecular complexity index is 770. The van der Waals surface area contributed by atoms with Gasteiger partial charge in [0.2, 0.25) is 0 Å².